The lowest BCUT2D eigenvalue weighted by atomic mass is 9.67. The molecule has 0 fully saturated rings. The van der Waals surface area contributed by atoms with Gasteiger partial charge >= 0.3 is 0 Å². The largest absolute Gasteiger partial charge is 0.457 e. The second kappa shape index (κ2) is 20.3. The Morgan fingerprint density at radius 1 is 0.420 bits per heavy atom. The standard InChI is InChI=1S/C79H67NO/c1-6-54(57-22-24-59(25-23-57)61-28-26-60-27-29-62(60)49-61)48-53(3)55-32-42-68(43-33-55)81-69-44-36-64(37-45-69)79(63-34-20-52(2)21-35-63)75-19-13-11-17-71(75)73-47-41-67(51-77(73)79)80(65-38-30-58(31-39-65)56-14-8-7-9-15-56)66-40-46-72-70-16-10-12-18-74(70)78(4,5)76(72)50-66/h7-26,28,30-47,49-51,53-54H,6,27,29,48H2,1-5H3. The number of hydrogen-bond donors (Lipinski definition) is 0. The zero-order valence-electron chi connectivity index (χ0n) is 47.1. The van der Waals surface area contributed by atoms with Crippen LogP contribution < -0.4 is 9.64 Å². The molecule has 0 aromatic heterocycles. The highest BCUT2D eigenvalue weighted by Crippen LogP contribution is 2.58. The average Bonchev–Trinajstić information content (AvgIpc) is 3.46. The molecule has 0 bridgehead atoms. The topological polar surface area (TPSA) is 12.5 Å². The molecular formula is C79H67NO. The molecule has 394 valence electrons. The van der Waals surface area contributed by atoms with Gasteiger partial charge in [-0.25, -0.2) is 0 Å². The first-order valence-corrected chi connectivity index (χ1v) is 29.3. The van der Waals surface area contributed by atoms with Crippen LogP contribution in [0.5, 0.6) is 11.5 Å². The van der Waals surface area contributed by atoms with E-state index in [1.54, 1.807) is 0 Å². The minimum Gasteiger partial charge on any atom is -0.457 e. The molecule has 14 rings (SSSR count). The predicted molar refractivity (Wildman–Crippen MR) is 338 cm³/mol. The van der Waals surface area contributed by atoms with Crippen LogP contribution in [0.25, 0.3) is 44.5 Å². The minimum absolute atomic E-state index is 0.154. The van der Waals surface area contributed by atoms with Crippen molar-refractivity contribution in [1.29, 1.82) is 0 Å². The van der Waals surface area contributed by atoms with Gasteiger partial charge in [-0.3, -0.25) is 0 Å². The van der Waals surface area contributed by atoms with Gasteiger partial charge in [0.15, 0.2) is 0 Å². The first-order valence-electron chi connectivity index (χ1n) is 29.3. The van der Waals surface area contributed by atoms with Crippen LogP contribution in [0, 0.1) is 6.92 Å². The number of benzene rings is 11. The van der Waals surface area contributed by atoms with Crippen molar-refractivity contribution in [3.05, 3.63) is 316 Å². The molecule has 0 amide bonds. The Morgan fingerprint density at radius 3 is 1.56 bits per heavy atom. The number of anilines is 3. The quantitative estimate of drug-likeness (QED) is 0.108. The van der Waals surface area contributed by atoms with Crippen LogP contribution in [0.1, 0.15) is 114 Å². The normalized spacial score (nSPS) is 15.8. The molecule has 2 heteroatoms. The van der Waals surface area contributed by atoms with E-state index >= 15 is 0 Å². The summed E-state index contributed by atoms with van der Waals surface area (Å²) < 4.78 is 6.71. The van der Waals surface area contributed by atoms with E-state index in [0.717, 1.165) is 41.4 Å². The lowest BCUT2D eigenvalue weighted by Gasteiger charge is -2.35. The Balaban J connectivity index is 0.795. The Morgan fingerprint density at radius 2 is 0.914 bits per heavy atom. The summed E-state index contributed by atoms with van der Waals surface area (Å²) >= 11 is 0. The molecule has 0 spiro atoms. The molecule has 2 nitrogen and oxygen atoms in total. The van der Waals surface area contributed by atoms with Gasteiger partial charge in [-0.1, -0.05) is 227 Å². The molecule has 3 unspecified atom stereocenters. The van der Waals surface area contributed by atoms with E-state index in [4.69, 9.17) is 4.74 Å². The maximum absolute atomic E-state index is 6.71. The van der Waals surface area contributed by atoms with Crippen LogP contribution in [0.2, 0.25) is 0 Å². The zero-order valence-corrected chi connectivity index (χ0v) is 47.1. The molecule has 0 radical (unpaired) electrons. The molecule has 11 aromatic carbocycles. The van der Waals surface area contributed by atoms with Crippen molar-refractivity contribution in [3.63, 3.8) is 0 Å². The van der Waals surface area contributed by atoms with Crippen LogP contribution in [0.3, 0.4) is 0 Å². The second-order valence-corrected chi connectivity index (χ2v) is 23.6. The van der Waals surface area contributed by atoms with Crippen molar-refractivity contribution in [2.45, 2.75) is 83.0 Å². The molecule has 3 atom stereocenters. The van der Waals surface area contributed by atoms with Gasteiger partial charge in [0.05, 0.1) is 5.41 Å². The van der Waals surface area contributed by atoms with Crippen molar-refractivity contribution in [1.82, 2.24) is 0 Å². The lowest BCUT2D eigenvalue weighted by molar-refractivity contribution is 0.481. The third-order valence-electron chi connectivity index (χ3n) is 18.5. The van der Waals surface area contributed by atoms with Gasteiger partial charge in [-0.15, -0.1) is 0 Å². The number of ether oxygens (including phenoxy) is 1. The summed E-state index contributed by atoms with van der Waals surface area (Å²) in [4.78, 5) is 2.47. The summed E-state index contributed by atoms with van der Waals surface area (Å²) in [6, 6.07) is 95.3. The first-order chi connectivity index (χ1) is 39.6. The fourth-order valence-corrected chi connectivity index (χ4v) is 13.9. The fraction of sp³-hybridized carbons (Fsp3) is 0.165. The van der Waals surface area contributed by atoms with Gasteiger partial charge in [0.25, 0.3) is 0 Å². The molecule has 0 aliphatic heterocycles. The van der Waals surface area contributed by atoms with E-state index in [1.165, 1.54) is 119 Å². The van der Waals surface area contributed by atoms with Gasteiger partial charge in [-0.2, -0.15) is 0 Å². The summed E-state index contributed by atoms with van der Waals surface area (Å²) in [6.07, 6.45) is 4.63. The maximum Gasteiger partial charge on any atom is 0.127 e. The molecule has 0 N–H and O–H groups in total. The molecule has 0 saturated heterocycles. The van der Waals surface area contributed by atoms with E-state index in [2.05, 4.69) is 294 Å². The van der Waals surface area contributed by atoms with Gasteiger partial charge < -0.3 is 9.64 Å². The summed E-state index contributed by atoms with van der Waals surface area (Å²) in [7, 11) is 0. The summed E-state index contributed by atoms with van der Waals surface area (Å²) in [5, 5.41) is 0. The number of hydrogen-bond acceptors (Lipinski definition) is 2. The van der Waals surface area contributed by atoms with Crippen molar-refractivity contribution in [2.24, 2.45) is 0 Å². The molecule has 81 heavy (non-hydrogen) atoms. The van der Waals surface area contributed by atoms with Crippen LogP contribution in [-0.2, 0) is 23.7 Å². The van der Waals surface area contributed by atoms with Crippen molar-refractivity contribution >= 4 is 17.1 Å². The minimum atomic E-state index is -0.628. The highest BCUT2D eigenvalue weighted by Gasteiger charge is 2.47. The summed E-state index contributed by atoms with van der Waals surface area (Å²) in [5.41, 5.74) is 27.4. The van der Waals surface area contributed by atoms with Crippen LogP contribution in [-0.4, -0.2) is 0 Å². The lowest BCUT2D eigenvalue weighted by Crippen LogP contribution is -2.28. The Kier molecular flexibility index (Phi) is 12.6. The summed E-state index contributed by atoms with van der Waals surface area (Å²) in [5.74, 6) is 2.53. The van der Waals surface area contributed by atoms with E-state index in [-0.39, 0.29) is 5.41 Å². The predicted octanol–water partition coefficient (Wildman–Crippen LogP) is 21.0. The van der Waals surface area contributed by atoms with Gasteiger partial charge in [-0.05, 0) is 205 Å². The van der Waals surface area contributed by atoms with Crippen LogP contribution in [0.4, 0.5) is 17.1 Å². The highest BCUT2D eigenvalue weighted by molar-refractivity contribution is 5.91. The van der Waals surface area contributed by atoms with Crippen molar-refractivity contribution in [3.8, 4) is 56.0 Å². The van der Waals surface area contributed by atoms with Crippen LogP contribution >= 0.6 is 0 Å². The second-order valence-electron chi connectivity index (χ2n) is 23.6. The fourth-order valence-electron chi connectivity index (χ4n) is 13.9. The molecule has 11 aromatic rings. The van der Waals surface area contributed by atoms with E-state index in [1.807, 2.05) is 0 Å². The van der Waals surface area contributed by atoms with E-state index < -0.39 is 5.41 Å². The number of aryl methyl sites for hydroxylation is 3. The van der Waals surface area contributed by atoms with E-state index in [0.29, 0.717) is 11.8 Å². The Labute approximate surface area is 479 Å². The third kappa shape index (κ3) is 8.72. The Bertz CT molecular complexity index is 4120. The first kappa shape index (κ1) is 50.3. The maximum atomic E-state index is 6.71. The van der Waals surface area contributed by atoms with Gasteiger partial charge in [0.2, 0.25) is 0 Å². The SMILES string of the molecule is CCC(CC(C)c1ccc(Oc2ccc(C3(c4ccc(C)cc4)c4ccccc4-c4ccc(N(c5ccc(-c6ccccc6)cc5)c5ccc6c(c5)C(C)(C)c5ccccc5-6)cc43)cc2)cc1)c1ccc(-c2ccc3c(c2)CC3)cc1. The summed E-state index contributed by atoms with van der Waals surface area (Å²) in [6.45, 7) is 11.6. The molecule has 0 saturated carbocycles. The molecule has 3 aliphatic rings. The van der Waals surface area contributed by atoms with Crippen molar-refractivity contribution < 1.29 is 4.74 Å². The Hall–Kier alpha value is -8.98. The van der Waals surface area contributed by atoms with Gasteiger partial charge in [0, 0.05) is 22.5 Å². The molecular weight excluding hydrogens is 979 g/mol. The van der Waals surface area contributed by atoms with E-state index in [9.17, 15) is 0 Å². The molecule has 3 aliphatic carbocycles. The van der Waals surface area contributed by atoms with Crippen molar-refractivity contribution in [2.75, 3.05) is 4.90 Å². The number of fused-ring (bicyclic) bond motifs is 7. The van der Waals surface area contributed by atoms with Crippen LogP contribution in [0.15, 0.2) is 255 Å². The highest BCUT2D eigenvalue weighted by atomic mass is 16.5. The zero-order chi connectivity index (χ0) is 54.8. The number of nitrogens with zero attached hydrogens (tertiary/aromatic N) is 1. The smallest absolute Gasteiger partial charge is 0.127 e. The van der Waals surface area contributed by atoms with Gasteiger partial charge in [0.1, 0.15) is 11.5 Å². The number of rotatable bonds is 14. The molecule has 0 heterocycles. The third-order valence-corrected chi connectivity index (χ3v) is 18.5. The monoisotopic (exact) mass is 1050 g/mol. The average molecular weight is 1050 g/mol.